The van der Waals surface area contributed by atoms with Gasteiger partial charge >= 0.3 is 0 Å². The van der Waals surface area contributed by atoms with Crippen molar-refractivity contribution in [1.82, 2.24) is 5.32 Å². The lowest BCUT2D eigenvalue weighted by Crippen LogP contribution is -2.22. The third-order valence-corrected chi connectivity index (χ3v) is 4.78. The topological polar surface area (TPSA) is 12.0 Å². The molecule has 0 amide bonds. The van der Waals surface area contributed by atoms with Gasteiger partial charge in [0, 0.05) is 14.9 Å². The molecule has 0 saturated heterocycles. The van der Waals surface area contributed by atoms with Crippen LogP contribution in [-0.2, 0) is 0 Å². The van der Waals surface area contributed by atoms with Gasteiger partial charge in [-0.2, -0.15) is 0 Å². The molecular weight excluding hydrogens is 313 g/mol. The van der Waals surface area contributed by atoms with E-state index in [9.17, 15) is 4.39 Å². The molecule has 0 bridgehead atoms. The van der Waals surface area contributed by atoms with Crippen LogP contribution in [0.4, 0.5) is 4.39 Å². The molecule has 0 fully saturated rings. The predicted molar refractivity (Wildman–Crippen MR) is 78.7 cm³/mol. The predicted octanol–water partition coefficient (Wildman–Crippen LogP) is 4.66. The van der Waals surface area contributed by atoms with Gasteiger partial charge in [-0.15, -0.1) is 11.3 Å². The van der Waals surface area contributed by atoms with E-state index in [0.717, 1.165) is 15.9 Å². The Morgan fingerprint density at radius 1 is 1.39 bits per heavy atom. The van der Waals surface area contributed by atoms with Crippen molar-refractivity contribution in [1.29, 1.82) is 0 Å². The van der Waals surface area contributed by atoms with Gasteiger partial charge in [0.05, 0.1) is 6.04 Å². The summed E-state index contributed by atoms with van der Waals surface area (Å²) < 4.78 is 15.3. The first-order valence-corrected chi connectivity index (χ1v) is 7.53. The Hall–Kier alpha value is -0.710. The second-order valence-corrected chi connectivity index (χ2v) is 5.90. The summed E-state index contributed by atoms with van der Waals surface area (Å²) in [6.45, 7) is 4.62. The molecule has 0 aliphatic heterocycles. The van der Waals surface area contributed by atoms with Gasteiger partial charge in [0.25, 0.3) is 0 Å². The van der Waals surface area contributed by atoms with Crippen LogP contribution in [-0.4, -0.2) is 6.54 Å². The average Bonchev–Trinajstić information content (AvgIpc) is 2.76. The van der Waals surface area contributed by atoms with Gasteiger partial charge in [0.15, 0.2) is 0 Å². The first-order chi connectivity index (χ1) is 8.65. The molecule has 0 radical (unpaired) electrons. The Bertz CT molecular complexity index is 538. The molecule has 4 heteroatoms. The van der Waals surface area contributed by atoms with E-state index in [0.29, 0.717) is 11.1 Å². The molecule has 0 aliphatic rings. The van der Waals surface area contributed by atoms with Gasteiger partial charge in [-0.25, -0.2) is 4.39 Å². The van der Waals surface area contributed by atoms with Crippen LogP contribution in [0.15, 0.2) is 34.1 Å². The van der Waals surface area contributed by atoms with E-state index < -0.39 is 0 Å². The maximum Gasteiger partial charge on any atom is 0.131 e. The average molecular weight is 328 g/mol. The smallest absolute Gasteiger partial charge is 0.131 e. The van der Waals surface area contributed by atoms with E-state index in [4.69, 9.17) is 0 Å². The molecule has 0 saturated carbocycles. The molecule has 0 spiro atoms. The zero-order chi connectivity index (χ0) is 13.1. The van der Waals surface area contributed by atoms with Crippen molar-refractivity contribution >= 4 is 27.3 Å². The highest BCUT2D eigenvalue weighted by Crippen LogP contribution is 2.34. The number of aryl methyl sites for hydroxylation is 1. The zero-order valence-corrected chi connectivity index (χ0v) is 12.7. The maximum atomic E-state index is 14.2. The molecule has 1 nitrogen and oxygen atoms in total. The van der Waals surface area contributed by atoms with Gasteiger partial charge in [0.1, 0.15) is 5.82 Å². The highest BCUT2D eigenvalue weighted by atomic mass is 79.9. The summed E-state index contributed by atoms with van der Waals surface area (Å²) in [5, 5.41) is 5.36. The maximum absolute atomic E-state index is 14.2. The number of hydrogen-bond acceptors (Lipinski definition) is 2. The first kappa shape index (κ1) is 13.7. The van der Waals surface area contributed by atoms with E-state index in [1.54, 1.807) is 24.3 Å². The number of nitrogens with one attached hydrogen (secondary N) is 1. The van der Waals surface area contributed by atoms with Gasteiger partial charge < -0.3 is 5.32 Å². The highest BCUT2D eigenvalue weighted by molar-refractivity contribution is 9.10. The van der Waals surface area contributed by atoms with Crippen molar-refractivity contribution in [3.8, 4) is 0 Å². The van der Waals surface area contributed by atoms with E-state index in [1.165, 1.54) is 0 Å². The number of thiophene rings is 1. The first-order valence-electron chi connectivity index (χ1n) is 5.86. The van der Waals surface area contributed by atoms with Gasteiger partial charge in [0.2, 0.25) is 0 Å². The summed E-state index contributed by atoms with van der Waals surface area (Å²) in [6.07, 6.45) is 0. The van der Waals surface area contributed by atoms with E-state index >= 15 is 0 Å². The second kappa shape index (κ2) is 5.95. The van der Waals surface area contributed by atoms with Gasteiger partial charge in [-0.05, 0) is 46.4 Å². The number of halogens is 2. The van der Waals surface area contributed by atoms with Crippen LogP contribution in [0.1, 0.15) is 29.0 Å². The van der Waals surface area contributed by atoms with E-state index in [1.807, 2.05) is 30.5 Å². The highest BCUT2D eigenvalue weighted by Gasteiger charge is 2.21. The summed E-state index contributed by atoms with van der Waals surface area (Å²) in [6, 6.07) is 7.45. The van der Waals surface area contributed by atoms with Gasteiger partial charge in [-0.3, -0.25) is 0 Å². The molecule has 1 N–H and O–H groups in total. The normalized spacial score (nSPS) is 12.7. The fraction of sp³-hybridized carbons (Fsp3) is 0.286. The van der Waals surface area contributed by atoms with Crippen molar-refractivity contribution < 1.29 is 4.39 Å². The number of rotatable bonds is 4. The molecule has 2 aromatic rings. The second-order valence-electron chi connectivity index (χ2n) is 4.10. The minimum atomic E-state index is -0.122. The number of benzene rings is 1. The molecule has 0 aliphatic carbocycles. The lowest BCUT2D eigenvalue weighted by Gasteiger charge is -2.19. The molecule has 1 unspecified atom stereocenters. The zero-order valence-electron chi connectivity index (χ0n) is 10.3. The van der Waals surface area contributed by atoms with Crippen molar-refractivity contribution in [2.75, 3.05) is 6.54 Å². The van der Waals surface area contributed by atoms with Gasteiger partial charge in [-0.1, -0.05) is 25.1 Å². The van der Waals surface area contributed by atoms with Crippen LogP contribution >= 0.6 is 27.3 Å². The minimum Gasteiger partial charge on any atom is -0.306 e. The molecule has 1 heterocycles. The molecule has 18 heavy (non-hydrogen) atoms. The van der Waals surface area contributed by atoms with Crippen molar-refractivity contribution in [2.45, 2.75) is 19.9 Å². The van der Waals surface area contributed by atoms with Crippen molar-refractivity contribution in [3.63, 3.8) is 0 Å². The Morgan fingerprint density at radius 3 is 2.78 bits per heavy atom. The molecular formula is C14H15BrFNS. The Labute approximate surface area is 119 Å². The third-order valence-electron chi connectivity index (χ3n) is 2.85. The number of hydrogen-bond donors (Lipinski definition) is 1. The molecule has 1 atom stereocenters. The summed E-state index contributed by atoms with van der Waals surface area (Å²) in [5.41, 5.74) is 1.39. The Balaban J connectivity index is 2.48. The molecule has 2 rings (SSSR count). The van der Waals surface area contributed by atoms with Crippen LogP contribution in [0.25, 0.3) is 0 Å². The van der Waals surface area contributed by atoms with Crippen LogP contribution in [0.3, 0.4) is 0 Å². The Kier molecular flexibility index (Phi) is 4.54. The van der Waals surface area contributed by atoms with Crippen LogP contribution in [0.5, 0.6) is 0 Å². The summed E-state index contributed by atoms with van der Waals surface area (Å²) >= 11 is 5.16. The van der Waals surface area contributed by atoms with E-state index in [2.05, 4.69) is 21.2 Å². The monoisotopic (exact) mass is 327 g/mol. The summed E-state index contributed by atoms with van der Waals surface area (Å²) in [5.74, 6) is -0.122. The van der Waals surface area contributed by atoms with E-state index in [-0.39, 0.29) is 11.9 Å². The molecule has 1 aromatic carbocycles. The molecule has 96 valence electrons. The Morgan fingerprint density at radius 2 is 2.17 bits per heavy atom. The minimum absolute atomic E-state index is 0.0933. The largest absolute Gasteiger partial charge is 0.306 e. The fourth-order valence-corrected chi connectivity index (χ4v) is 3.65. The fourth-order valence-electron chi connectivity index (χ4n) is 1.95. The van der Waals surface area contributed by atoms with Crippen molar-refractivity contribution in [3.05, 3.63) is 55.9 Å². The molecule has 1 aromatic heterocycles. The van der Waals surface area contributed by atoms with Crippen molar-refractivity contribution in [2.24, 2.45) is 0 Å². The van der Waals surface area contributed by atoms with Crippen LogP contribution < -0.4 is 5.32 Å². The third kappa shape index (κ3) is 2.66. The lowest BCUT2D eigenvalue weighted by atomic mass is 10.0. The van der Waals surface area contributed by atoms with Crippen LogP contribution in [0.2, 0.25) is 0 Å². The SMILES string of the molecule is CCNC(c1cccc(C)c1F)c1sccc1Br. The van der Waals surface area contributed by atoms with Crippen LogP contribution in [0, 0.1) is 12.7 Å². The summed E-state index contributed by atoms with van der Waals surface area (Å²) in [7, 11) is 0. The lowest BCUT2D eigenvalue weighted by molar-refractivity contribution is 0.556. The standard InChI is InChI=1S/C14H15BrFNS/c1-3-17-13(14-11(15)7-8-18-14)10-6-4-5-9(2)12(10)16/h4-8,13,17H,3H2,1-2H3. The summed E-state index contributed by atoms with van der Waals surface area (Å²) in [4.78, 5) is 1.11. The quantitative estimate of drug-likeness (QED) is 0.861.